The van der Waals surface area contributed by atoms with Crippen LogP contribution < -0.4 is 20.4 Å². The molecule has 3 aromatic carbocycles. The molecule has 2 amide bonds. The molecule has 0 saturated carbocycles. The smallest absolute Gasteiger partial charge is 0.369 e. The Balaban J connectivity index is 1.16. The normalized spacial score (nSPS) is 15.6. The van der Waals surface area contributed by atoms with Gasteiger partial charge in [-0.1, -0.05) is 6.07 Å². The number of hydrogen-bond donors (Lipinski definition) is 2. The number of alkyl halides is 6. The van der Waals surface area contributed by atoms with E-state index in [1.54, 1.807) is 13.0 Å². The van der Waals surface area contributed by atoms with Gasteiger partial charge in [0.05, 0.1) is 22.4 Å². The second kappa shape index (κ2) is 13.0. The number of hydrogen-bond acceptors (Lipinski definition) is 7. The number of carbonyl (C=O) groups excluding carboxylic acids is 2. The highest BCUT2D eigenvalue weighted by Gasteiger charge is 2.37. The molecule has 1 fully saturated rings. The van der Waals surface area contributed by atoms with Crippen LogP contribution in [-0.2, 0) is 18.8 Å². The molecule has 49 heavy (non-hydrogen) atoms. The number of amides is 2. The minimum Gasteiger partial charge on any atom is -0.369 e. The molecule has 3 heterocycles. The van der Waals surface area contributed by atoms with Gasteiger partial charge in [-0.05, 0) is 74.1 Å². The first kappa shape index (κ1) is 33.7. The summed E-state index contributed by atoms with van der Waals surface area (Å²) in [5.41, 5.74) is -0.173. The van der Waals surface area contributed by atoms with Crippen LogP contribution in [-0.4, -0.2) is 66.5 Å². The van der Waals surface area contributed by atoms with Gasteiger partial charge in [-0.3, -0.25) is 9.59 Å². The number of piperazine rings is 1. The van der Waals surface area contributed by atoms with Crippen LogP contribution in [0.25, 0.3) is 0 Å². The lowest BCUT2D eigenvalue weighted by Crippen LogP contribution is -2.44. The quantitative estimate of drug-likeness (QED) is 0.217. The third kappa shape index (κ3) is 7.46. The number of anilines is 5. The van der Waals surface area contributed by atoms with Crippen LogP contribution >= 0.6 is 0 Å². The first-order chi connectivity index (χ1) is 23.2. The van der Waals surface area contributed by atoms with Gasteiger partial charge in [0.15, 0.2) is 0 Å². The van der Waals surface area contributed by atoms with Gasteiger partial charge in [-0.2, -0.15) is 26.3 Å². The maximum Gasteiger partial charge on any atom is 0.416 e. The Morgan fingerprint density at radius 2 is 1.45 bits per heavy atom. The zero-order chi connectivity index (χ0) is 35.1. The Kier molecular flexibility index (Phi) is 8.96. The molecule has 6 rings (SSSR count). The number of nitrogens with one attached hydrogen (secondary N) is 2. The van der Waals surface area contributed by atoms with Crippen molar-refractivity contribution in [2.75, 3.05) is 60.2 Å². The van der Waals surface area contributed by atoms with Crippen molar-refractivity contribution in [3.63, 3.8) is 0 Å². The van der Waals surface area contributed by atoms with Gasteiger partial charge >= 0.3 is 12.4 Å². The molecule has 0 atom stereocenters. The molecule has 15 heteroatoms. The Labute approximate surface area is 277 Å². The third-order valence-corrected chi connectivity index (χ3v) is 8.51. The molecule has 0 bridgehead atoms. The van der Waals surface area contributed by atoms with Crippen molar-refractivity contribution in [1.29, 1.82) is 0 Å². The first-order valence-corrected chi connectivity index (χ1v) is 15.4. The van der Waals surface area contributed by atoms with Crippen molar-refractivity contribution in [1.82, 2.24) is 14.9 Å². The summed E-state index contributed by atoms with van der Waals surface area (Å²) in [6, 6.07) is 13.1. The van der Waals surface area contributed by atoms with Gasteiger partial charge in [0.1, 0.15) is 0 Å². The molecular formula is C34H31F6N7O2. The molecule has 0 spiro atoms. The minimum absolute atomic E-state index is 0.0458. The molecule has 0 radical (unpaired) electrons. The maximum absolute atomic E-state index is 13.6. The predicted octanol–water partition coefficient (Wildman–Crippen LogP) is 6.77. The zero-order valence-electron chi connectivity index (χ0n) is 26.4. The predicted molar refractivity (Wildman–Crippen MR) is 172 cm³/mol. The molecule has 2 N–H and O–H groups in total. The van der Waals surface area contributed by atoms with Crippen LogP contribution in [0.2, 0.25) is 0 Å². The van der Waals surface area contributed by atoms with E-state index in [1.807, 2.05) is 24.3 Å². The molecular weight excluding hydrogens is 652 g/mol. The number of aryl methyl sites for hydroxylation is 1. The van der Waals surface area contributed by atoms with E-state index < -0.39 is 40.9 Å². The Morgan fingerprint density at radius 1 is 0.816 bits per heavy atom. The lowest BCUT2D eigenvalue weighted by molar-refractivity contribution is -0.143. The number of carbonyl (C=O) groups is 2. The zero-order valence-corrected chi connectivity index (χ0v) is 26.4. The fourth-order valence-corrected chi connectivity index (χ4v) is 5.76. The average Bonchev–Trinajstić information content (AvgIpc) is 3.06. The van der Waals surface area contributed by atoms with Crippen molar-refractivity contribution in [3.8, 4) is 0 Å². The third-order valence-electron chi connectivity index (χ3n) is 8.51. The van der Waals surface area contributed by atoms with Gasteiger partial charge in [0.25, 0.3) is 11.8 Å². The molecule has 2 aliphatic heterocycles. The van der Waals surface area contributed by atoms with E-state index in [2.05, 4.69) is 37.4 Å². The fourth-order valence-electron chi connectivity index (χ4n) is 5.76. The van der Waals surface area contributed by atoms with Gasteiger partial charge in [-0.25, -0.2) is 9.97 Å². The summed E-state index contributed by atoms with van der Waals surface area (Å²) in [5, 5.41) is 5.54. The molecule has 4 aromatic rings. The Hall–Kier alpha value is -5.18. The lowest BCUT2D eigenvalue weighted by Gasteiger charge is -2.34. The molecule has 2 aliphatic rings. The molecule has 1 saturated heterocycles. The van der Waals surface area contributed by atoms with Crippen molar-refractivity contribution >= 4 is 40.5 Å². The van der Waals surface area contributed by atoms with Crippen LogP contribution in [0.3, 0.4) is 0 Å². The molecule has 9 nitrogen and oxygen atoms in total. The van der Waals surface area contributed by atoms with Crippen LogP contribution in [0.1, 0.15) is 43.1 Å². The monoisotopic (exact) mass is 683 g/mol. The molecule has 0 unspecified atom stereocenters. The summed E-state index contributed by atoms with van der Waals surface area (Å²) in [4.78, 5) is 41.5. The number of nitrogens with zero attached hydrogens (tertiary/aromatic N) is 5. The second-order valence-electron chi connectivity index (χ2n) is 12.0. The highest BCUT2D eigenvalue weighted by atomic mass is 19.4. The van der Waals surface area contributed by atoms with Crippen molar-refractivity contribution in [3.05, 3.63) is 100 Å². The number of benzene rings is 3. The Morgan fingerprint density at radius 3 is 2.08 bits per heavy atom. The van der Waals surface area contributed by atoms with Gasteiger partial charge in [-0.15, -0.1) is 0 Å². The number of aromatic nitrogens is 2. The van der Waals surface area contributed by atoms with Crippen LogP contribution in [0.4, 0.5) is 55.0 Å². The lowest BCUT2D eigenvalue weighted by atomic mass is 10.0. The summed E-state index contributed by atoms with van der Waals surface area (Å²) in [6.07, 6.45) is -8.39. The molecule has 1 aromatic heterocycles. The van der Waals surface area contributed by atoms with Crippen LogP contribution in [0, 0.1) is 6.92 Å². The maximum atomic E-state index is 13.6. The largest absolute Gasteiger partial charge is 0.416 e. The van der Waals surface area contributed by atoms with E-state index in [4.69, 9.17) is 0 Å². The average molecular weight is 684 g/mol. The van der Waals surface area contributed by atoms with E-state index >= 15 is 0 Å². The van der Waals surface area contributed by atoms with Crippen molar-refractivity contribution in [2.24, 2.45) is 0 Å². The van der Waals surface area contributed by atoms with Crippen molar-refractivity contribution < 1.29 is 35.9 Å². The van der Waals surface area contributed by atoms with Crippen LogP contribution in [0.5, 0.6) is 0 Å². The minimum atomic E-state index is -5.10. The second-order valence-corrected chi connectivity index (χ2v) is 12.0. The van der Waals surface area contributed by atoms with Crippen molar-refractivity contribution in [2.45, 2.75) is 25.7 Å². The topological polar surface area (TPSA) is 93.7 Å². The Bertz CT molecular complexity index is 1860. The standard InChI is InChI=1S/C34H31F6N7O2/c1-20-3-4-25(42-30(48)21-15-22(33(35,36)37)17-23(16-21)34(38,39)40)18-29(20)47-10-9-28-27(31(47)49)19-41-32(44-28)43-24-5-7-26(8-6-24)46-13-11-45(2)12-14-46/h3-8,15-19H,9-14H2,1-2H3,(H,42,48)(H,41,43,44). The van der Waals surface area contributed by atoms with Gasteiger partial charge < -0.3 is 25.3 Å². The number of likely N-dealkylation sites (N-methyl/N-ethyl adjacent to an activating group) is 1. The van der Waals surface area contributed by atoms with E-state index in [9.17, 15) is 35.9 Å². The van der Waals surface area contributed by atoms with Gasteiger partial charge in [0, 0.05) is 73.7 Å². The summed E-state index contributed by atoms with van der Waals surface area (Å²) >= 11 is 0. The number of halogens is 6. The first-order valence-electron chi connectivity index (χ1n) is 15.4. The van der Waals surface area contributed by atoms with E-state index in [0.717, 1.165) is 37.6 Å². The van der Waals surface area contributed by atoms with Crippen LogP contribution in [0.15, 0.2) is 66.9 Å². The van der Waals surface area contributed by atoms with E-state index in [-0.39, 0.29) is 23.9 Å². The summed E-state index contributed by atoms with van der Waals surface area (Å²) < 4.78 is 79.9. The van der Waals surface area contributed by atoms with Gasteiger partial charge in [0.2, 0.25) is 5.95 Å². The highest BCUT2D eigenvalue weighted by molar-refractivity contribution is 6.09. The molecule has 0 aliphatic carbocycles. The summed E-state index contributed by atoms with van der Waals surface area (Å²) in [5.74, 6) is -1.25. The SMILES string of the molecule is Cc1ccc(NC(=O)c2cc(C(F)(F)F)cc(C(F)(F)F)c2)cc1N1CCc2nc(Nc3ccc(N4CCN(C)CC4)cc3)ncc2C1=O. The van der Waals surface area contributed by atoms with E-state index in [0.29, 0.717) is 41.4 Å². The fraction of sp³-hybridized carbons (Fsp3) is 0.294. The highest BCUT2D eigenvalue weighted by Crippen LogP contribution is 2.37. The summed E-state index contributed by atoms with van der Waals surface area (Å²) in [6.45, 7) is 5.85. The number of fused-ring (bicyclic) bond motifs is 1. The van der Waals surface area contributed by atoms with E-state index in [1.165, 1.54) is 23.2 Å². The molecule has 256 valence electrons. The summed E-state index contributed by atoms with van der Waals surface area (Å²) in [7, 11) is 2.10. The number of rotatable bonds is 6.